The van der Waals surface area contributed by atoms with Crippen LogP contribution in [-0.4, -0.2) is 26.9 Å². The Morgan fingerprint density at radius 3 is 2.34 bits per heavy atom. The van der Waals surface area contributed by atoms with Crippen molar-refractivity contribution < 1.29 is 22.8 Å². The van der Waals surface area contributed by atoms with Crippen LogP contribution >= 0.6 is 0 Å². The summed E-state index contributed by atoms with van der Waals surface area (Å²) in [5.74, 6) is 0.0533. The number of halogens is 3. The SMILES string of the molecule is Cc1ccc(Nc2ncc3c(n2)N(Cc2ccccc2)C(=O)N(c2cc(NC(=O)c4ccc(C)c(C(F)(F)F)c4)ccc2C)C3)cn1. The zero-order valence-corrected chi connectivity index (χ0v) is 25.8. The van der Waals surface area contributed by atoms with Crippen molar-refractivity contribution in [3.63, 3.8) is 0 Å². The third-order valence-corrected chi connectivity index (χ3v) is 7.80. The van der Waals surface area contributed by atoms with Crippen molar-refractivity contribution in [2.24, 2.45) is 0 Å². The number of urea groups is 1. The van der Waals surface area contributed by atoms with Crippen LogP contribution in [0.5, 0.6) is 0 Å². The van der Waals surface area contributed by atoms with Crippen molar-refractivity contribution in [3.05, 3.63) is 130 Å². The van der Waals surface area contributed by atoms with Crippen molar-refractivity contribution in [2.75, 3.05) is 20.4 Å². The molecule has 9 nitrogen and oxygen atoms in total. The third-order valence-electron chi connectivity index (χ3n) is 7.80. The number of anilines is 5. The number of hydrogen-bond donors (Lipinski definition) is 2. The molecule has 1 aliphatic rings. The van der Waals surface area contributed by atoms with Crippen molar-refractivity contribution in [2.45, 2.75) is 40.0 Å². The summed E-state index contributed by atoms with van der Waals surface area (Å²) in [6.45, 7) is 5.45. The molecule has 0 saturated carbocycles. The predicted octanol–water partition coefficient (Wildman–Crippen LogP) is 7.96. The van der Waals surface area contributed by atoms with Crippen LogP contribution in [0.1, 0.15) is 43.9 Å². The zero-order chi connectivity index (χ0) is 33.3. The lowest BCUT2D eigenvalue weighted by atomic mass is 10.0. The Morgan fingerprint density at radius 1 is 0.872 bits per heavy atom. The number of aryl methyl sites for hydroxylation is 3. The van der Waals surface area contributed by atoms with Crippen LogP contribution in [0.25, 0.3) is 0 Å². The second kappa shape index (κ2) is 12.5. The molecule has 0 aliphatic carbocycles. The van der Waals surface area contributed by atoms with Crippen LogP contribution < -0.4 is 20.4 Å². The monoisotopic (exact) mass is 637 g/mol. The molecule has 2 aromatic heterocycles. The van der Waals surface area contributed by atoms with Crippen molar-refractivity contribution in [1.82, 2.24) is 15.0 Å². The van der Waals surface area contributed by atoms with E-state index in [-0.39, 0.29) is 30.2 Å². The van der Waals surface area contributed by atoms with Crippen LogP contribution in [0.15, 0.2) is 91.3 Å². The molecule has 3 aromatic carbocycles. The van der Waals surface area contributed by atoms with Crippen LogP contribution in [0, 0.1) is 20.8 Å². The zero-order valence-electron chi connectivity index (χ0n) is 25.8. The van der Waals surface area contributed by atoms with Gasteiger partial charge in [0, 0.05) is 28.7 Å². The highest BCUT2D eigenvalue weighted by atomic mass is 19.4. The maximum Gasteiger partial charge on any atom is 0.416 e. The largest absolute Gasteiger partial charge is 0.416 e. The van der Waals surface area contributed by atoms with E-state index in [0.717, 1.165) is 22.9 Å². The highest BCUT2D eigenvalue weighted by Gasteiger charge is 2.35. The van der Waals surface area contributed by atoms with Crippen molar-refractivity contribution in [1.29, 1.82) is 0 Å². The number of carbonyl (C=O) groups excluding carboxylic acids is 2. The van der Waals surface area contributed by atoms with Crippen molar-refractivity contribution in [3.8, 4) is 0 Å². The minimum atomic E-state index is -4.59. The van der Waals surface area contributed by atoms with E-state index in [1.165, 1.54) is 19.1 Å². The van der Waals surface area contributed by atoms with Crippen LogP contribution in [0.3, 0.4) is 0 Å². The standard InChI is InChI=1S/C35H30F3N7O2/c1-21-9-12-25(15-29(21)35(36,37)38)32(46)41-27-13-10-22(2)30(16-27)44-20-26-17-40-33(42-28-14-11-23(3)39-18-28)43-31(26)45(34(44)47)19-24-7-5-4-6-8-24/h4-18H,19-20H2,1-3H3,(H,41,46)(H,40,42,43). The van der Waals surface area contributed by atoms with Gasteiger partial charge >= 0.3 is 12.2 Å². The Kier molecular flexibility index (Phi) is 8.33. The number of fused-ring (bicyclic) bond motifs is 1. The molecule has 3 amide bonds. The summed E-state index contributed by atoms with van der Waals surface area (Å²) in [6, 6.07) is 21.4. The fraction of sp³-hybridized carbons (Fsp3) is 0.171. The lowest BCUT2D eigenvalue weighted by molar-refractivity contribution is -0.138. The fourth-order valence-corrected chi connectivity index (χ4v) is 5.29. The molecule has 3 heterocycles. The maximum atomic E-state index is 14.2. The van der Waals surface area contributed by atoms with Gasteiger partial charge in [0.25, 0.3) is 5.91 Å². The van der Waals surface area contributed by atoms with Gasteiger partial charge in [-0.05, 0) is 73.9 Å². The number of amides is 3. The Morgan fingerprint density at radius 2 is 1.62 bits per heavy atom. The van der Waals surface area contributed by atoms with E-state index in [0.29, 0.717) is 34.4 Å². The highest BCUT2D eigenvalue weighted by molar-refractivity contribution is 6.07. The minimum Gasteiger partial charge on any atom is -0.323 e. The molecule has 1 aliphatic heterocycles. The van der Waals surface area contributed by atoms with Crippen LogP contribution in [-0.2, 0) is 19.3 Å². The molecule has 0 unspecified atom stereocenters. The smallest absolute Gasteiger partial charge is 0.323 e. The first-order chi connectivity index (χ1) is 22.5. The Balaban J connectivity index is 1.32. The molecule has 0 bridgehead atoms. The summed E-state index contributed by atoms with van der Waals surface area (Å²) < 4.78 is 40.4. The quantitative estimate of drug-likeness (QED) is 0.188. The van der Waals surface area contributed by atoms with E-state index >= 15 is 0 Å². The molecular formula is C35H30F3N7O2. The molecule has 0 atom stereocenters. The molecule has 12 heteroatoms. The first-order valence-corrected chi connectivity index (χ1v) is 14.7. The molecule has 0 saturated heterocycles. The molecule has 0 radical (unpaired) electrons. The number of carbonyl (C=O) groups is 2. The Labute approximate surface area is 269 Å². The molecule has 2 N–H and O–H groups in total. The summed E-state index contributed by atoms with van der Waals surface area (Å²) in [5.41, 5.74) is 3.75. The molecule has 0 fully saturated rings. The number of benzene rings is 3. The number of nitrogens with one attached hydrogen (secondary N) is 2. The highest BCUT2D eigenvalue weighted by Crippen LogP contribution is 2.36. The molecule has 6 rings (SSSR count). The van der Waals surface area contributed by atoms with Crippen molar-refractivity contribution >= 4 is 40.8 Å². The average molecular weight is 638 g/mol. The molecule has 238 valence electrons. The number of nitrogens with zero attached hydrogens (tertiary/aromatic N) is 5. The second-order valence-electron chi connectivity index (χ2n) is 11.3. The number of hydrogen-bond acceptors (Lipinski definition) is 6. The van der Waals surface area contributed by atoms with Gasteiger partial charge in [0.2, 0.25) is 5.95 Å². The van der Waals surface area contributed by atoms with E-state index in [1.807, 2.05) is 56.3 Å². The van der Waals surface area contributed by atoms with E-state index in [9.17, 15) is 22.8 Å². The number of aromatic nitrogens is 3. The Bertz CT molecular complexity index is 1970. The second-order valence-corrected chi connectivity index (χ2v) is 11.3. The van der Waals surface area contributed by atoms with Gasteiger partial charge in [0.05, 0.1) is 36.2 Å². The number of alkyl halides is 3. The number of rotatable bonds is 7. The normalized spacial score (nSPS) is 12.9. The Hall–Kier alpha value is -5.78. The molecule has 5 aromatic rings. The molecule has 0 spiro atoms. The average Bonchev–Trinajstić information content (AvgIpc) is 3.04. The first-order valence-electron chi connectivity index (χ1n) is 14.7. The van der Waals surface area contributed by atoms with E-state index < -0.39 is 17.6 Å². The fourth-order valence-electron chi connectivity index (χ4n) is 5.29. The topological polar surface area (TPSA) is 103 Å². The van der Waals surface area contributed by atoms with Gasteiger partial charge in [-0.25, -0.2) is 9.78 Å². The molecule has 47 heavy (non-hydrogen) atoms. The van der Waals surface area contributed by atoms with Gasteiger partial charge < -0.3 is 10.6 Å². The van der Waals surface area contributed by atoms with E-state index in [4.69, 9.17) is 4.98 Å². The van der Waals surface area contributed by atoms with Gasteiger partial charge in [0.15, 0.2) is 0 Å². The minimum absolute atomic E-state index is 0.0228. The maximum absolute atomic E-state index is 14.2. The lowest BCUT2D eigenvalue weighted by Crippen LogP contribution is -2.47. The van der Waals surface area contributed by atoms with E-state index in [1.54, 1.807) is 40.4 Å². The summed E-state index contributed by atoms with van der Waals surface area (Å²) in [6.07, 6.45) is -1.25. The molecular weight excluding hydrogens is 607 g/mol. The van der Waals surface area contributed by atoms with Gasteiger partial charge in [-0.2, -0.15) is 18.2 Å². The first kappa shape index (κ1) is 31.2. The van der Waals surface area contributed by atoms with Gasteiger partial charge in [0.1, 0.15) is 5.82 Å². The third kappa shape index (κ3) is 6.76. The summed E-state index contributed by atoms with van der Waals surface area (Å²) >= 11 is 0. The van der Waals surface area contributed by atoms with Gasteiger partial charge in [-0.1, -0.05) is 42.5 Å². The van der Waals surface area contributed by atoms with E-state index in [2.05, 4.69) is 20.6 Å². The summed E-state index contributed by atoms with van der Waals surface area (Å²) in [4.78, 5) is 43.9. The predicted molar refractivity (Wildman–Crippen MR) is 174 cm³/mol. The van der Waals surface area contributed by atoms with Gasteiger partial charge in [-0.3, -0.25) is 19.6 Å². The van der Waals surface area contributed by atoms with Crippen LogP contribution in [0.4, 0.5) is 46.8 Å². The summed E-state index contributed by atoms with van der Waals surface area (Å²) in [7, 11) is 0. The summed E-state index contributed by atoms with van der Waals surface area (Å²) in [5, 5.41) is 5.83. The van der Waals surface area contributed by atoms with Crippen LogP contribution in [0.2, 0.25) is 0 Å². The van der Waals surface area contributed by atoms with Gasteiger partial charge in [-0.15, -0.1) is 0 Å². The number of pyridine rings is 1. The lowest BCUT2D eigenvalue weighted by Gasteiger charge is -2.37.